The second-order valence-corrected chi connectivity index (χ2v) is 9.82. The van der Waals surface area contributed by atoms with Gasteiger partial charge in [-0.15, -0.1) is 0 Å². The first-order chi connectivity index (χ1) is 17.5. The Labute approximate surface area is 210 Å². The van der Waals surface area contributed by atoms with E-state index in [0.29, 0.717) is 12.3 Å². The quantitative estimate of drug-likeness (QED) is 0.380. The molecule has 2 atom stereocenters. The van der Waals surface area contributed by atoms with Gasteiger partial charge in [0.2, 0.25) is 0 Å². The molecular formula is C25H27F3N6O3. The molecule has 9 nitrogen and oxygen atoms in total. The van der Waals surface area contributed by atoms with Crippen molar-refractivity contribution in [1.82, 2.24) is 25.2 Å². The lowest BCUT2D eigenvalue weighted by molar-refractivity contribution is -0.137. The molecule has 12 heteroatoms. The molecule has 2 aliphatic rings. The lowest BCUT2D eigenvalue weighted by Gasteiger charge is -2.24. The number of nitrogens with two attached hydrogens (primary N) is 1. The van der Waals surface area contributed by atoms with Gasteiger partial charge in [-0.2, -0.15) is 13.2 Å². The summed E-state index contributed by atoms with van der Waals surface area (Å²) in [5.41, 5.74) is 5.53. The molecule has 196 valence electrons. The van der Waals surface area contributed by atoms with Crippen molar-refractivity contribution in [3.05, 3.63) is 40.6 Å². The molecule has 3 aromatic rings. The van der Waals surface area contributed by atoms with Gasteiger partial charge in [-0.3, -0.25) is 9.59 Å². The number of hydrogen-bond acceptors (Lipinski definition) is 6. The van der Waals surface area contributed by atoms with Crippen molar-refractivity contribution < 1.29 is 27.9 Å². The summed E-state index contributed by atoms with van der Waals surface area (Å²) in [5.74, 6) is -0.828. The lowest BCUT2D eigenvalue weighted by atomic mass is 9.97. The lowest BCUT2D eigenvalue weighted by Crippen LogP contribution is -2.35. The second-order valence-electron chi connectivity index (χ2n) is 9.82. The van der Waals surface area contributed by atoms with Gasteiger partial charge in [0.15, 0.2) is 5.65 Å². The molecule has 0 spiro atoms. The number of carbonyl (C=O) groups is 2. The third kappa shape index (κ3) is 4.50. The third-order valence-corrected chi connectivity index (χ3v) is 7.13. The first-order valence-corrected chi connectivity index (χ1v) is 12.1. The van der Waals surface area contributed by atoms with E-state index in [1.165, 1.54) is 17.2 Å². The van der Waals surface area contributed by atoms with Crippen molar-refractivity contribution in [2.45, 2.75) is 57.9 Å². The summed E-state index contributed by atoms with van der Waals surface area (Å²) in [6.45, 7) is 3.56. The Morgan fingerprint density at radius 2 is 2.05 bits per heavy atom. The molecule has 0 saturated heterocycles. The van der Waals surface area contributed by atoms with Gasteiger partial charge in [-0.05, 0) is 56.7 Å². The summed E-state index contributed by atoms with van der Waals surface area (Å²) >= 11 is 0. The molecule has 0 bridgehead atoms. The van der Waals surface area contributed by atoms with Crippen LogP contribution in [-0.4, -0.2) is 55.5 Å². The minimum Gasteiger partial charge on any atom is -0.396 e. The van der Waals surface area contributed by atoms with Crippen LogP contribution in [0.2, 0.25) is 0 Å². The second kappa shape index (κ2) is 9.02. The van der Waals surface area contributed by atoms with E-state index in [0.717, 1.165) is 18.9 Å². The fourth-order valence-corrected chi connectivity index (χ4v) is 4.92. The number of carbonyl (C=O) groups excluding carboxylic acids is 2. The number of amides is 2. The molecule has 2 amide bonds. The number of fused-ring (bicyclic) bond motifs is 2. The van der Waals surface area contributed by atoms with Crippen LogP contribution < -0.4 is 11.1 Å². The number of anilines is 1. The normalized spacial score (nSPS) is 17.2. The van der Waals surface area contributed by atoms with Gasteiger partial charge in [0.05, 0.1) is 23.0 Å². The fourth-order valence-electron chi connectivity index (χ4n) is 4.92. The fraction of sp³-hybridized carbons (Fsp3) is 0.440. The van der Waals surface area contributed by atoms with Crippen LogP contribution in [0.4, 0.5) is 19.0 Å². The van der Waals surface area contributed by atoms with Crippen LogP contribution in [0.5, 0.6) is 0 Å². The molecular weight excluding hydrogens is 489 g/mol. The number of nitrogens with one attached hydrogen (secondary N) is 2. The number of rotatable bonds is 7. The van der Waals surface area contributed by atoms with Crippen molar-refractivity contribution in [2.75, 3.05) is 12.3 Å². The van der Waals surface area contributed by atoms with E-state index in [9.17, 15) is 22.8 Å². The molecule has 5 N–H and O–H groups in total. The summed E-state index contributed by atoms with van der Waals surface area (Å²) in [6.07, 6.45) is -1.20. The Morgan fingerprint density at radius 1 is 1.32 bits per heavy atom. The molecule has 1 aliphatic heterocycles. The number of aliphatic hydroxyl groups excluding tert-OH is 1. The Balaban J connectivity index is 1.57. The van der Waals surface area contributed by atoms with Crippen LogP contribution in [0.15, 0.2) is 18.3 Å². The maximum absolute atomic E-state index is 14.1. The van der Waals surface area contributed by atoms with Gasteiger partial charge in [-0.25, -0.2) is 9.97 Å². The van der Waals surface area contributed by atoms with E-state index in [-0.39, 0.29) is 70.2 Å². The summed E-state index contributed by atoms with van der Waals surface area (Å²) in [4.78, 5) is 38.9. The van der Waals surface area contributed by atoms with Crippen LogP contribution in [-0.2, 0) is 12.7 Å². The van der Waals surface area contributed by atoms with Gasteiger partial charge in [-0.1, -0.05) is 0 Å². The van der Waals surface area contributed by atoms with Crippen molar-refractivity contribution >= 4 is 28.8 Å². The third-order valence-electron chi connectivity index (χ3n) is 7.13. The Morgan fingerprint density at radius 3 is 2.70 bits per heavy atom. The minimum atomic E-state index is -4.75. The van der Waals surface area contributed by atoms with Crippen molar-refractivity contribution in [3.63, 3.8) is 0 Å². The maximum atomic E-state index is 14.1. The monoisotopic (exact) mass is 516 g/mol. The molecule has 2 aromatic heterocycles. The number of benzene rings is 1. The number of hydrogen-bond donors (Lipinski definition) is 4. The number of nitrogen functional groups attached to an aromatic ring is 1. The van der Waals surface area contributed by atoms with Crippen LogP contribution in [0.1, 0.15) is 65.0 Å². The zero-order chi connectivity index (χ0) is 26.6. The van der Waals surface area contributed by atoms with Gasteiger partial charge in [0.1, 0.15) is 16.9 Å². The average Bonchev–Trinajstić information content (AvgIpc) is 3.55. The molecule has 3 heterocycles. The number of nitrogens with zero attached hydrogens (tertiary/aromatic N) is 3. The summed E-state index contributed by atoms with van der Waals surface area (Å²) in [6, 6.07) is 1.97. The predicted octanol–water partition coefficient (Wildman–Crippen LogP) is 3.48. The van der Waals surface area contributed by atoms with Crippen LogP contribution in [0.3, 0.4) is 0 Å². The van der Waals surface area contributed by atoms with Gasteiger partial charge in [0, 0.05) is 30.8 Å². The minimum absolute atomic E-state index is 0.0149. The van der Waals surface area contributed by atoms with Gasteiger partial charge < -0.3 is 26.0 Å². The highest BCUT2D eigenvalue weighted by molar-refractivity contribution is 6.09. The largest absolute Gasteiger partial charge is 0.417 e. The highest BCUT2D eigenvalue weighted by atomic mass is 19.4. The van der Waals surface area contributed by atoms with Crippen LogP contribution >= 0.6 is 0 Å². The number of alkyl halides is 3. The molecule has 5 rings (SSSR count). The molecule has 0 radical (unpaired) electrons. The number of halogens is 3. The van der Waals surface area contributed by atoms with Crippen LogP contribution in [0, 0.1) is 5.92 Å². The number of aromatic amines is 1. The number of H-pyrrole nitrogens is 1. The Hall–Kier alpha value is -3.67. The number of aliphatic hydroxyl groups is 1. The molecule has 0 unspecified atom stereocenters. The van der Waals surface area contributed by atoms with Crippen molar-refractivity contribution in [2.24, 2.45) is 5.92 Å². The highest BCUT2D eigenvalue weighted by Crippen LogP contribution is 2.43. The molecule has 1 fully saturated rings. The zero-order valence-corrected chi connectivity index (χ0v) is 20.3. The summed E-state index contributed by atoms with van der Waals surface area (Å²) in [5, 5.41) is 11.8. The first-order valence-electron chi connectivity index (χ1n) is 12.1. The van der Waals surface area contributed by atoms with Crippen molar-refractivity contribution in [1.29, 1.82) is 0 Å². The molecule has 1 saturated carbocycles. The first kappa shape index (κ1) is 25.0. The van der Waals surface area contributed by atoms with E-state index in [1.54, 1.807) is 6.92 Å². The average molecular weight is 517 g/mol. The van der Waals surface area contributed by atoms with E-state index in [4.69, 9.17) is 10.8 Å². The molecule has 37 heavy (non-hydrogen) atoms. The standard InChI is InChI=1S/C25H27F3N6O3/c1-11(5-6-35)31-23(36)19-20-22(33-21(19)29)30-9-17(32-20)14-7-15-10-34(12(2)13-3-4-13)24(37)18(15)16(8-14)25(26,27)28/h7-9,11-13,35H,3-6,10,29H2,1-2H3,(H,30,33)(H,31,36)/t11-,12+/m1/s1. The smallest absolute Gasteiger partial charge is 0.396 e. The maximum Gasteiger partial charge on any atom is 0.417 e. The van der Waals surface area contributed by atoms with Gasteiger partial charge in [0.25, 0.3) is 11.8 Å². The van der Waals surface area contributed by atoms with Crippen LogP contribution in [0.25, 0.3) is 22.4 Å². The molecule has 1 aliphatic carbocycles. The Bertz CT molecular complexity index is 1400. The van der Waals surface area contributed by atoms with E-state index in [1.807, 2.05) is 6.92 Å². The molecule has 1 aromatic carbocycles. The Kier molecular flexibility index (Phi) is 6.09. The topological polar surface area (TPSA) is 137 Å². The van der Waals surface area contributed by atoms with Crippen molar-refractivity contribution in [3.8, 4) is 11.3 Å². The number of aromatic nitrogens is 3. The summed E-state index contributed by atoms with van der Waals surface area (Å²) in [7, 11) is 0. The summed E-state index contributed by atoms with van der Waals surface area (Å²) < 4.78 is 42.4. The van der Waals surface area contributed by atoms with E-state index >= 15 is 0 Å². The predicted molar refractivity (Wildman–Crippen MR) is 129 cm³/mol. The SMILES string of the molecule is C[C@H](CCO)NC(=O)c1c(N)[nH]c2ncc(-c3cc4c(c(C(F)(F)F)c3)C(=O)N([C@@H](C)C3CC3)C4)nc12. The van der Waals surface area contributed by atoms with E-state index < -0.39 is 23.6 Å². The highest BCUT2D eigenvalue weighted by Gasteiger charge is 2.44. The zero-order valence-electron chi connectivity index (χ0n) is 20.3. The van der Waals surface area contributed by atoms with Gasteiger partial charge >= 0.3 is 6.18 Å². The van der Waals surface area contributed by atoms with E-state index in [2.05, 4.69) is 20.3 Å².